The number of rotatable bonds is 5. The van der Waals surface area contributed by atoms with E-state index in [-0.39, 0.29) is 11.9 Å². The van der Waals surface area contributed by atoms with Crippen LogP contribution in [-0.2, 0) is 10.8 Å². The summed E-state index contributed by atoms with van der Waals surface area (Å²) in [6.07, 6.45) is 2.33. The third-order valence-corrected chi connectivity index (χ3v) is 3.30. The molecule has 2 unspecified atom stereocenters. The molecule has 0 aliphatic heterocycles. The number of amides is 1. The quantitative estimate of drug-likeness (QED) is 0.875. The molecule has 2 atom stereocenters. The van der Waals surface area contributed by atoms with E-state index in [1.165, 1.54) is 0 Å². The maximum absolute atomic E-state index is 11.8. The normalized spacial score (nSPS) is 13.4. The molecule has 0 spiro atoms. The largest absolute Gasteiger partial charge is 0.350 e. The second-order valence-electron chi connectivity index (χ2n) is 4.13. The summed E-state index contributed by atoms with van der Waals surface area (Å²) < 4.78 is 10.9. The fourth-order valence-electron chi connectivity index (χ4n) is 1.42. The van der Waals surface area contributed by atoms with Crippen molar-refractivity contribution >= 4 is 16.7 Å². The van der Waals surface area contributed by atoms with Gasteiger partial charge in [0.2, 0.25) is 0 Å². The highest BCUT2D eigenvalue weighted by Crippen LogP contribution is 2.04. The lowest BCUT2D eigenvalue weighted by Crippen LogP contribution is -2.33. The van der Waals surface area contributed by atoms with Gasteiger partial charge in [0.1, 0.15) is 0 Å². The van der Waals surface area contributed by atoms with E-state index < -0.39 is 10.8 Å². The van der Waals surface area contributed by atoms with E-state index in [1.807, 2.05) is 13.0 Å². The first-order valence-corrected chi connectivity index (χ1v) is 7.36. The molecule has 0 bridgehead atoms. The highest BCUT2D eigenvalue weighted by molar-refractivity contribution is 7.84. The van der Waals surface area contributed by atoms with Gasteiger partial charge in [0.05, 0.1) is 11.6 Å². The van der Waals surface area contributed by atoms with E-state index >= 15 is 0 Å². The molecule has 0 saturated carbocycles. The van der Waals surface area contributed by atoms with Gasteiger partial charge in [-0.15, -0.1) is 0 Å². The van der Waals surface area contributed by atoms with Crippen LogP contribution in [0.1, 0.15) is 29.3 Å². The summed E-state index contributed by atoms with van der Waals surface area (Å²) >= 11 is 0. The van der Waals surface area contributed by atoms with Crippen LogP contribution in [0.3, 0.4) is 0 Å². The van der Waals surface area contributed by atoms with Gasteiger partial charge >= 0.3 is 0 Å². The molecule has 1 rings (SSSR count). The molecule has 96 valence electrons. The molecule has 0 aliphatic carbocycles. The van der Waals surface area contributed by atoms with Gasteiger partial charge in [0, 0.05) is 34.4 Å². The van der Waals surface area contributed by atoms with E-state index in [4.69, 9.17) is 5.26 Å². The Morgan fingerprint density at radius 2 is 2.06 bits per heavy atom. The first-order chi connectivity index (χ1) is 8.52. The van der Waals surface area contributed by atoms with Gasteiger partial charge in [0.15, 0.2) is 0 Å². The number of carbonyl (C=O) groups excluding carboxylic acids is 1. The van der Waals surface area contributed by atoms with E-state index in [9.17, 15) is 9.00 Å². The average molecular weight is 264 g/mol. The van der Waals surface area contributed by atoms with Crippen LogP contribution in [-0.4, -0.2) is 28.2 Å². The highest BCUT2D eigenvalue weighted by atomic mass is 32.2. The van der Waals surface area contributed by atoms with Crippen molar-refractivity contribution in [1.29, 1.82) is 5.26 Å². The summed E-state index contributed by atoms with van der Waals surface area (Å²) in [4.78, 5) is 11.8. The Bertz CT molecular complexity index is 477. The van der Waals surface area contributed by atoms with Crippen LogP contribution in [0.5, 0.6) is 0 Å². The lowest BCUT2D eigenvalue weighted by atomic mass is 10.1. The standard InChI is InChI=1S/C13H16N2O2S/c1-10(7-8-18(2)17)15-13(16)12-5-3-11(9-14)4-6-12/h3-6,10H,7-8H2,1-2H3,(H,15,16). The van der Waals surface area contributed by atoms with Crippen molar-refractivity contribution in [2.75, 3.05) is 12.0 Å². The summed E-state index contributed by atoms with van der Waals surface area (Å²) in [5.74, 6) is 0.406. The lowest BCUT2D eigenvalue weighted by Gasteiger charge is -2.13. The number of hydrogen-bond donors (Lipinski definition) is 1. The van der Waals surface area contributed by atoms with Crippen molar-refractivity contribution in [2.24, 2.45) is 0 Å². The molecule has 0 saturated heterocycles. The van der Waals surface area contributed by atoms with Gasteiger partial charge in [-0.3, -0.25) is 9.00 Å². The molecule has 0 fully saturated rings. The Labute approximate surface area is 109 Å². The van der Waals surface area contributed by atoms with Crippen LogP contribution in [0.25, 0.3) is 0 Å². The van der Waals surface area contributed by atoms with Crippen LogP contribution in [0.15, 0.2) is 24.3 Å². The van der Waals surface area contributed by atoms with Crippen molar-refractivity contribution < 1.29 is 9.00 Å². The molecule has 18 heavy (non-hydrogen) atoms. The smallest absolute Gasteiger partial charge is 0.251 e. The Kier molecular flexibility index (Phi) is 5.53. The van der Waals surface area contributed by atoms with Gasteiger partial charge in [-0.05, 0) is 37.6 Å². The predicted molar refractivity (Wildman–Crippen MR) is 71.6 cm³/mol. The zero-order chi connectivity index (χ0) is 13.5. The molecule has 4 nitrogen and oxygen atoms in total. The topological polar surface area (TPSA) is 70.0 Å². The maximum atomic E-state index is 11.8. The van der Waals surface area contributed by atoms with E-state index in [0.29, 0.717) is 23.3 Å². The third kappa shape index (κ3) is 4.68. The molecule has 5 heteroatoms. The highest BCUT2D eigenvalue weighted by Gasteiger charge is 2.10. The van der Waals surface area contributed by atoms with E-state index in [1.54, 1.807) is 30.5 Å². The van der Waals surface area contributed by atoms with Gasteiger partial charge < -0.3 is 5.32 Å². The molecule has 1 aromatic carbocycles. The number of nitrogens with zero attached hydrogens (tertiary/aromatic N) is 1. The van der Waals surface area contributed by atoms with Gasteiger partial charge in [-0.25, -0.2) is 0 Å². The van der Waals surface area contributed by atoms with Crippen molar-refractivity contribution in [3.05, 3.63) is 35.4 Å². The van der Waals surface area contributed by atoms with Crippen molar-refractivity contribution in [2.45, 2.75) is 19.4 Å². The molecule has 0 radical (unpaired) electrons. The van der Waals surface area contributed by atoms with Crippen LogP contribution in [0.2, 0.25) is 0 Å². The van der Waals surface area contributed by atoms with Crippen LogP contribution < -0.4 is 5.32 Å². The minimum Gasteiger partial charge on any atom is -0.350 e. The Morgan fingerprint density at radius 1 is 1.44 bits per heavy atom. The number of carbonyl (C=O) groups is 1. The molecule has 1 amide bonds. The molecular weight excluding hydrogens is 248 g/mol. The summed E-state index contributed by atoms with van der Waals surface area (Å²) in [6.45, 7) is 1.88. The molecule has 1 N–H and O–H groups in total. The lowest BCUT2D eigenvalue weighted by molar-refractivity contribution is 0.0939. The zero-order valence-corrected chi connectivity index (χ0v) is 11.3. The minimum absolute atomic E-state index is 0.0166. The van der Waals surface area contributed by atoms with Crippen molar-refractivity contribution in [1.82, 2.24) is 5.32 Å². The SMILES string of the molecule is CC(CCS(C)=O)NC(=O)c1ccc(C#N)cc1. The van der Waals surface area contributed by atoms with Gasteiger partial charge in [0.25, 0.3) is 5.91 Å². The fraction of sp³-hybridized carbons (Fsp3) is 0.385. The molecule has 0 heterocycles. The number of benzene rings is 1. The third-order valence-electron chi connectivity index (χ3n) is 2.49. The van der Waals surface area contributed by atoms with Crippen LogP contribution in [0.4, 0.5) is 0 Å². The van der Waals surface area contributed by atoms with Crippen molar-refractivity contribution in [3.8, 4) is 6.07 Å². The van der Waals surface area contributed by atoms with E-state index in [0.717, 1.165) is 0 Å². The summed E-state index contributed by atoms with van der Waals surface area (Å²) in [6, 6.07) is 8.46. The molecule has 0 aliphatic rings. The Morgan fingerprint density at radius 3 is 2.56 bits per heavy atom. The summed E-state index contributed by atoms with van der Waals surface area (Å²) in [5.41, 5.74) is 1.06. The Balaban J connectivity index is 2.54. The average Bonchev–Trinajstić information content (AvgIpc) is 2.36. The first kappa shape index (κ1) is 14.4. The molecule has 1 aromatic rings. The van der Waals surface area contributed by atoms with Gasteiger partial charge in [-0.1, -0.05) is 0 Å². The van der Waals surface area contributed by atoms with Crippen molar-refractivity contribution in [3.63, 3.8) is 0 Å². The van der Waals surface area contributed by atoms with Gasteiger partial charge in [-0.2, -0.15) is 5.26 Å². The molecular formula is C13H16N2O2S. The Hall–Kier alpha value is -1.67. The monoisotopic (exact) mass is 264 g/mol. The summed E-state index contributed by atoms with van der Waals surface area (Å²) in [5, 5.41) is 11.5. The van der Waals surface area contributed by atoms with Crippen LogP contribution in [0, 0.1) is 11.3 Å². The summed E-state index contributed by atoms with van der Waals surface area (Å²) in [7, 11) is -0.837. The number of hydrogen-bond acceptors (Lipinski definition) is 3. The molecule has 0 aromatic heterocycles. The number of nitriles is 1. The maximum Gasteiger partial charge on any atom is 0.251 e. The second kappa shape index (κ2) is 6.92. The van der Waals surface area contributed by atoms with E-state index in [2.05, 4.69) is 5.32 Å². The fourth-order valence-corrected chi connectivity index (χ4v) is 2.10. The first-order valence-electron chi connectivity index (χ1n) is 5.64. The zero-order valence-electron chi connectivity index (χ0n) is 10.5. The minimum atomic E-state index is -0.837. The predicted octanol–water partition coefficient (Wildman–Crippen LogP) is 1.45. The van der Waals surface area contributed by atoms with Crippen LogP contribution >= 0.6 is 0 Å². The second-order valence-corrected chi connectivity index (χ2v) is 5.68. The number of nitrogens with one attached hydrogen (secondary N) is 1.